The predicted octanol–water partition coefficient (Wildman–Crippen LogP) is 4.37. The molecular formula is C14H24O2. The molecule has 0 rings (SSSR count). The molecule has 0 radical (unpaired) electrons. The maximum Gasteiger partial charge on any atom is 0.307 e. The maximum absolute atomic E-state index is 10.4. The van der Waals surface area contributed by atoms with Gasteiger partial charge in [0.1, 0.15) is 0 Å². The van der Waals surface area contributed by atoms with E-state index in [1.807, 2.05) is 6.08 Å². The molecule has 0 atom stereocenters. The molecule has 0 aliphatic rings. The van der Waals surface area contributed by atoms with E-state index in [4.69, 9.17) is 0 Å². The largest absolute Gasteiger partial charge is 0.435 e. The fraction of sp³-hybridized carbons (Fsp3) is 0.643. The van der Waals surface area contributed by atoms with Gasteiger partial charge in [0.05, 0.1) is 6.26 Å². The summed E-state index contributed by atoms with van der Waals surface area (Å²) in [6.45, 7) is 3.63. The molecule has 0 aromatic rings. The molecule has 0 saturated heterocycles. The fourth-order valence-corrected chi connectivity index (χ4v) is 1.40. The van der Waals surface area contributed by atoms with E-state index in [9.17, 15) is 4.79 Å². The highest BCUT2D eigenvalue weighted by Gasteiger charge is 1.87. The highest BCUT2D eigenvalue weighted by atomic mass is 16.5. The fourth-order valence-electron chi connectivity index (χ4n) is 1.40. The van der Waals surface area contributed by atoms with Crippen molar-refractivity contribution in [1.82, 2.24) is 0 Å². The van der Waals surface area contributed by atoms with E-state index in [0.717, 1.165) is 6.42 Å². The summed E-state index contributed by atoms with van der Waals surface area (Å²) in [5.74, 6) is -0.277. The topological polar surface area (TPSA) is 26.3 Å². The Balaban J connectivity index is 3.21. The maximum atomic E-state index is 10.4. The van der Waals surface area contributed by atoms with E-state index in [2.05, 4.69) is 17.7 Å². The second-order valence-corrected chi connectivity index (χ2v) is 3.92. The minimum Gasteiger partial charge on any atom is -0.435 e. The molecule has 92 valence electrons. The molecule has 0 aromatic carbocycles. The van der Waals surface area contributed by atoms with Crippen molar-refractivity contribution in [3.8, 4) is 0 Å². The smallest absolute Gasteiger partial charge is 0.307 e. The van der Waals surface area contributed by atoms with Gasteiger partial charge in [-0.15, -0.1) is 0 Å². The Bertz CT molecular complexity index is 217. The number of carbonyl (C=O) groups excluding carboxylic acids is 1. The molecule has 0 aliphatic carbocycles. The summed E-state index contributed by atoms with van der Waals surface area (Å²) in [6.07, 6.45) is 16.3. The Morgan fingerprint density at radius 2 is 1.75 bits per heavy atom. The van der Waals surface area contributed by atoms with Gasteiger partial charge >= 0.3 is 5.97 Å². The number of hydrogen-bond acceptors (Lipinski definition) is 2. The molecular weight excluding hydrogens is 200 g/mol. The van der Waals surface area contributed by atoms with Crippen molar-refractivity contribution in [3.05, 3.63) is 24.5 Å². The molecule has 0 aliphatic heterocycles. The molecule has 0 spiro atoms. The first kappa shape index (κ1) is 14.9. The van der Waals surface area contributed by atoms with E-state index >= 15 is 0 Å². The summed E-state index contributed by atoms with van der Waals surface area (Å²) in [6, 6.07) is 0. The summed E-state index contributed by atoms with van der Waals surface area (Å²) < 4.78 is 4.64. The molecule has 0 unspecified atom stereocenters. The van der Waals surface area contributed by atoms with Crippen molar-refractivity contribution in [1.29, 1.82) is 0 Å². The zero-order chi connectivity index (χ0) is 12.1. The van der Waals surface area contributed by atoms with Crippen molar-refractivity contribution < 1.29 is 9.53 Å². The van der Waals surface area contributed by atoms with Crippen LogP contribution in [0, 0.1) is 0 Å². The van der Waals surface area contributed by atoms with Crippen LogP contribution in [0.5, 0.6) is 0 Å². The number of hydrogen-bond donors (Lipinski definition) is 0. The van der Waals surface area contributed by atoms with Gasteiger partial charge < -0.3 is 4.74 Å². The second-order valence-electron chi connectivity index (χ2n) is 3.92. The molecule has 0 heterocycles. The predicted molar refractivity (Wildman–Crippen MR) is 68.0 cm³/mol. The van der Waals surface area contributed by atoms with Gasteiger partial charge in [-0.25, -0.2) is 0 Å². The van der Waals surface area contributed by atoms with E-state index < -0.39 is 0 Å². The van der Waals surface area contributed by atoms with E-state index in [-0.39, 0.29) is 5.97 Å². The van der Waals surface area contributed by atoms with Crippen molar-refractivity contribution >= 4 is 5.97 Å². The van der Waals surface area contributed by atoms with E-state index in [0.29, 0.717) is 0 Å². The monoisotopic (exact) mass is 224 g/mol. The van der Waals surface area contributed by atoms with Crippen LogP contribution in [0.4, 0.5) is 0 Å². The van der Waals surface area contributed by atoms with Crippen molar-refractivity contribution in [2.24, 2.45) is 0 Å². The minimum absolute atomic E-state index is 0.277. The Hall–Kier alpha value is -1.05. The summed E-state index contributed by atoms with van der Waals surface area (Å²) in [5.41, 5.74) is 0. The van der Waals surface area contributed by atoms with Crippen LogP contribution in [0.1, 0.15) is 58.8 Å². The standard InChI is InChI=1S/C14H24O2/c1-3-4-5-6-7-8-9-10-11-12-13-16-14(2)15/h10-13H,3-9H2,1-2H3/b11-10-,13-12+. The number of esters is 1. The van der Waals surface area contributed by atoms with Crippen molar-refractivity contribution in [2.75, 3.05) is 0 Å². The van der Waals surface area contributed by atoms with Crippen LogP contribution in [0.15, 0.2) is 24.5 Å². The number of allylic oxidation sites excluding steroid dienone is 3. The molecule has 16 heavy (non-hydrogen) atoms. The number of unbranched alkanes of at least 4 members (excludes halogenated alkanes) is 6. The third-order valence-corrected chi connectivity index (χ3v) is 2.28. The average Bonchev–Trinajstić information content (AvgIpc) is 2.25. The molecule has 0 saturated carbocycles. The van der Waals surface area contributed by atoms with Gasteiger partial charge in [-0.1, -0.05) is 51.2 Å². The quantitative estimate of drug-likeness (QED) is 0.251. The molecule has 2 nitrogen and oxygen atoms in total. The van der Waals surface area contributed by atoms with Crippen molar-refractivity contribution in [2.45, 2.75) is 58.8 Å². The SMILES string of the molecule is CCCCCCCC/C=C\C=C\OC(C)=O. The van der Waals surface area contributed by atoms with Crippen LogP contribution < -0.4 is 0 Å². The van der Waals surface area contributed by atoms with Gasteiger partial charge in [0.15, 0.2) is 0 Å². The zero-order valence-electron chi connectivity index (χ0n) is 10.6. The normalized spacial score (nSPS) is 11.4. The van der Waals surface area contributed by atoms with Crippen LogP contribution in [0.3, 0.4) is 0 Å². The molecule has 0 aromatic heterocycles. The van der Waals surface area contributed by atoms with Crippen LogP contribution >= 0.6 is 0 Å². The summed E-state index contributed by atoms with van der Waals surface area (Å²) in [5, 5.41) is 0. The first-order chi connectivity index (χ1) is 7.77. The summed E-state index contributed by atoms with van der Waals surface area (Å²) >= 11 is 0. The van der Waals surface area contributed by atoms with Gasteiger partial charge in [-0.3, -0.25) is 4.79 Å². The lowest BCUT2D eigenvalue weighted by atomic mass is 10.1. The number of rotatable bonds is 9. The number of carbonyl (C=O) groups is 1. The lowest BCUT2D eigenvalue weighted by Gasteiger charge is -1.97. The molecule has 0 fully saturated rings. The van der Waals surface area contributed by atoms with Gasteiger partial charge in [0, 0.05) is 6.92 Å². The minimum atomic E-state index is -0.277. The Morgan fingerprint density at radius 3 is 2.44 bits per heavy atom. The third kappa shape index (κ3) is 12.9. The van der Waals surface area contributed by atoms with E-state index in [1.165, 1.54) is 51.7 Å². The van der Waals surface area contributed by atoms with Gasteiger partial charge in [0.2, 0.25) is 0 Å². The molecule has 0 bridgehead atoms. The lowest BCUT2D eigenvalue weighted by molar-refractivity contribution is -0.135. The van der Waals surface area contributed by atoms with Crippen LogP contribution in [-0.4, -0.2) is 5.97 Å². The zero-order valence-corrected chi connectivity index (χ0v) is 10.6. The first-order valence-electron chi connectivity index (χ1n) is 6.26. The van der Waals surface area contributed by atoms with Crippen LogP contribution in [0.25, 0.3) is 0 Å². The van der Waals surface area contributed by atoms with Gasteiger partial charge in [0.25, 0.3) is 0 Å². The first-order valence-corrected chi connectivity index (χ1v) is 6.26. The molecule has 0 amide bonds. The third-order valence-electron chi connectivity index (χ3n) is 2.28. The Morgan fingerprint density at radius 1 is 1.06 bits per heavy atom. The van der Waals surface area contributed by atoms with E-state index in [1.54, 1.807) is 6.08 Å². The number of ether oxygens (including phenoxy) is 1. The highest BCUT2D eigenvalue weighted by Crippen LogP contribution is 2.07. The van der Waals surface area contributed by atoms with Crippen molar-refractivity contribution in [3.63, 3.8) is 0 Å². The van der Waals surface area contributed by atoms with Gasteiger partial charge in [-0.2, -0.15) is 0 Å². The lowest BCUT2D eigenvalue weighted by Crippen LogP contribution is -1.88. The highest BCUT2D eigenvalue weighted by molar-refractivity contribution is 5.66. The summed E-state index contributed by atoms with van der Waals surface area (Å²) in [4.78, 5) is 10.4. The van der Waals surface area contributed by atoms with Gasteiger partial charge in [-0.05, 0) is 18.9 Å². The second kappa shape index (κ2) is 12.0. The van der Waals surface area contributed by atoms with Crippen LogP contribution in [0.2, 0.25) is 0 Å². The van der Waals surface area contributed by atoms with Crippen LogP contribution in [-0.2, 0) is 9.53 Å². The Kier molecular flexibility index (Phi) is 11.2. The molecule has 0 N–H and O–H groups in total. The summed E-state index contributed by atoms with van der Waals surface area (Å²) in [7, 11) is 0. The average molecular weight is 224 g/mol. The Labute approximate surface area is 99.4 Å². The molecule has 2 heteroatoms.